The molecular formula is C23H30N4O. The topological polar surface area (TPSA) is 58.5 Å². The summed E-state index contributed by atoms with van der Waals surface area (Å²) in [5, 5.41) is 7.09. The smallest absolute Gasteiger partial charge is 0.191 e. The van der Waals surface area contributed by atoms with Gasteiger partial charge in [-0.2, -0.15) is 0 Å². The molecule has 2 aromatic rings. The minimum absolute atomic E-state index is 0.0166. The predicted octanol–water partition coefficient (Wildman–Crippen LogP) is 4.02. The van der Waals surface area contributed by atoms with E-state index in [1.54, 1.807) is 0 Å². The SMILES string of the molecule is CCNC(=NCCc1ccccn1)NC1CC2(CCCC2)Oc2ccccc21. The van der Waals surface area contributed by atoms with Gasteiger partial charge in [0.15, 0.2) is 5.96 Å². The van der Waals surface area contributed by atoms with Crippen LogP contribution in [0.5, 0.6) is 5.75 Å². The first kappa shape index (κ1) is 18.8. The number of guanidine groups is 1. The number of ether oxygens (including phenoxy) is 1. The lowest BCUT2D eigenvalue weighted by atomic mass is 9.86. The summed E-state index contributed by atoms with van der Waals surface area (Å²) >= 11 is 0. The van der Waals surface area contributed by atoms with Crippen LogP contribution in [-0.4, -0.2) is 29.6 Å². The van der Waals surface area contributed by atoms with Gasteiger partial charge in [-0.3, -0.25) is 9.98 Å². The molecule has 1 aromatic heterocycles. The quantitative estimate of drug-likeness (QED) is 0.610. The molecule has 1 spiro atoms. The molecule has 1 unspecified atom stereocenters. The number of nitrogens with zero attached hydrogens (tertiary/aromatic N) is 2. The van der Waals surface area contributed by atoms with Crippen LogP contribution in [0, 0.1) is 0 Å². The lowest BCUT2D eigenvalue weighted by Gasteiger charge is -2.40. The maximum atomic E-state index is 6.48. The summed E-state index contributed by atoms with van der Waals surface area (Å²) < 4.78 is 6.48. The fourth-order valence-corrected chi connectivity index (χ4v) is 4.39. The number of nitrogens with one attached hydrogen (secondary N) is 2. The largest absolute Gasteiger partial charge is 0.487 e. The van der Waals surface area contributed by atoms with Crippen LogP contribution in [0.1, 0.15) is 56.3 Å². The average Bonchev–Trinajstić information content (AvgIpc) is 3.16. The highest BCUT2D eigenvalue weighted by Crippen LogP contribution is 2.46. The Bertz CT molecular complexity index is 799. The first-order valence-corrected chi connectivity index (χ1v) is 10.5. The number of hydrogen-bond acceptors (Lipinski definition) is 3. The van der Waals surface area contributed by atoms with Crippen molar-refractivity contribution in [2.24, 2.45) is 4.99 Å². The summed E-state index contributed by atoms with van der Waals surface area (Å²) in [5.41, 5.74) is 2.29. The van der Waals surface area contributed by atoms with Crippen LogP contribution in [0.4, 0.5) is 0 Å². The van der Waals surface area contributed by atoms with Crippen molar-refractivity contribution in [3.63, 3.8) is 0 Å². The third kappa shape index (κ3) is 4.29. The summed E-state index contributed by atoms with van der Waals surface area (Å²) in [6, 6.07) is 14.7. The lowest BCUT2D eigenvalue weighted by Crippen LogP contribution is -2.46. The van der Waals surface area contributed by atoms with Crippen LogP contribution in [0.15, 0.2) is 53.7 Å². The van der Waals surface area contributed by atoms with E-state index in [2.05, 4.69) is 52.9 Å². The minimum Gasteiger partial charge on any atom is -0.487 e. The molecule has 2 N–H and O–H groups in total. The van der Waals surface area contributed by atoms with Gasteiger partial charge in [-0.05, 0) is 50.8 Å². The minimum atomic E-state index is -0.0166. The van der Waals surface area contributed by atoms with Gasteiger partial charge in [-0.1, -0.05) is 24.3 Å². The number of pyridine rings is 1. The maximum Gasteiger partial charge on any atom is 0.191 e. The summed E-state index contributed by atoms with van der Waals surface area (Å²) in [5.74, 6) is 1.89. The third-order valence-corrected chi connectivity index (χ3v) is 5.73. The van der Waals surface area contributed by atoms with Gasteiger partial charge < -0.3 is 15.4 Å². The van der Waals surface area contributed by atoms with Crippen LogP contribution in [-0.2, 0) is 6.42 Å². The van der Waals surface area contributed by atoms with Gasteiger partial charge in [-0.15, -0.1) is 0 Å². The molecule has 2 heterocycles. The highest BCUT2D eigenvalue weighted by Gasteiger charge is 2.43. The standard InChI is InChI=1S/C23H30N4O/c1-2-24-22(26-16-12-18-9-5-8-15-25-18)27-20-17-23(13-6-7-14-23)28-21-11-4-3-10-19(20)21/h3-5,8-11,15,20H,2,6-7,12-14,16-17H2,1H3,(H2,24,26,27). The first-order chi connectivity index (χ1) is 13.8. The van der Waals surface area contributed by atoms with Crippen molar-refractivity contribution in [2.75, 3.05) is 13.1 Å². The molecule has 2 aliphatic rings. The van der Waals surface area contributed by atoms with Crippen LogP contribution in [0.2, 0.25) is 0 Å². The Balaban J connectivity index is 1.49. The molecule has 0 saturated heterocycles. The third-order valence-electron chi connectivity index (χ3n) is 5.73. The Hall–Kier alpha value is -2.56. The molecule has 28 heavy (non-hydrogen) atoms. The maximum absolute atomic E-state index is 6.48. The number of hydrogen-bond donors (Lipinski definition) is 2. The normalized spacial score (nSPS) is 20.5. The second kappa shape index (κ2) is 8.63. The number of para-hydroxylation sites is 1. The van der Waals surface area contributed by atoms with E-state index in [4.69, 9.17) is 9.73 Å². The molecule has 148 valence electrons. The van der Waals surface area contributed by atoms with Crippen molar-refractivity contribution in [2.45, 2.75) is 57.1 Å². The van der Waals surface area contributed by atoms with E-state index in [-0.39, 0.29) is 11.6 Å². The van der Waals surface area contributed by atoms with Crippen LogP contribution in [0.3, 0.4) is 0 Å². The molecule has 1 aliphatic carbocycles. The molecule has 5 nitrogen and oxygen atoms in total. The molecule has 0 amide bonds. The zero-order valence-corrected chi connectivity index (χ0v) is 16.7. The van der Waals surface area contributed by atoms with E-state index in [1.165, 1.54) is 18.4 Å². The fourth-order valence-electron chi connectivity index (χ4n) is 4.39. The van der Waals surface area contributed by atoms with E-state index in [0.717, 1.165) is 49.6 Å². The Labute approximate surface area is 167 Å². The molecule has 1 aromatic carbocycles. The summed E-state index contributed by atoms with van der Waals surface area (Å²) in [7, 11) is 0. The molecule has 4 rings (SSSR count). The fraction of sp³-hybridized carbons (Fsp3) is 0.478. The summed E-state index contributed by atoms with van der Waals surface area (Å²) in [6.45, 7) is 3.65. The van der Waals surface area contributed by atoms with E-state index in [1.807, 2.05) is 18.3 Å². The molecular weight excluding hydrogens is 348 g/mol. The molecule has 1 saturated carbocycles. The molecule has 0 bridgehead atoms. The second-order valence-electron chi connectivity index (χ2n) is 7.76. The monoisotopic (exact) mass is 378 g/mol. The van der Waals surface area contributed by atoms with Gasteiger partial charge in [0.25, 0.3) is 0 Å². The van der Waals surface area contributed by atoms with Crippen molar-refractivity contribution in [3.8, 4) is 5.75 Å². The second-order valence-corrected chi connectivity index (χ2v) is 7.76. The number of rotatable bonds is 5. The number of benzene rings is 1. The van der Waals surface area contributed by atoms with E-state index in [9.17, 15) is 0 Å². The molecule has 1 aliphatic heterocycles. The zero-order valence-electron chi connectivity index (χ0n) is 16.7. The van der Waals surface area contributed by atoms with E-state index < -0.39 is 0 Å². The van der Waals surface area contributed by atoms with Gasteiger partial charge in [0.1, 0.15) is 11.4 Å². The summed E-state index contributed by atoms with van der Waals surface area (Å²) in [6.07, 6.45) is 8.48. The Morgan fingerprint density at radius 3 is 2.79 bits per heavy atom. The van der Waals surface area contributed by atoms with Crippen molar-refractivity contribution in [1.29, 1.82) is 0 Å². The van der Waals surface area contributed by atoms with Gasteiger partial charge in [0, 0.05) is 43.4 Å². The summed E-state index contributed by atoms with van der Waals surface area (Å²) in [4.78, 5) is 9.19. The number of fused-ring (bicyclic) bond motifs is 1. The number of aromatic nitrogens is 1. The zero-order chi connectivity index (χ0) is 19.2. The average molecular weight is 379 g/mol. The van der Waals surface area contributed by atoms with Gasteiger partial charge >= 0.3 is 0 Å². The molecule has 5 heteroatoms. The van der Waals surface area contributed by atoms with E-state index in [0.29, 0.717) is 6.54 Å². The Morgan fingerprint density at radius 2 is 2.00 bits per heavy atom. The van der Waals surface area contributed by atoms with Crippen LogP contribution in [0.25, 0.3) is 0 Å². The van der Waals surface area contributed by atoms with Crippen molar-refractivity contribution in [3.05, 3.63) is 59.9 Å². The van der Waals surface area contributed by atoms with Crippen LogP contribution < -0.4 is 15.4 Å². The van der Waals surface area contributed by atoms with E-state index >= 15 is 0 Å². The highest BCUT2D eigenvalue weighted by atomic mass is 16.5. The molecule has 0 radical (unpaired) electrons. The lowest BCUT2D eigenvalue weighted by molar-refractivity contribution is 0.0396. The molecule has 1 atom stereocenters. The molecule has 1 fully saturated rings. The van der Waals surface area contributed by atoms with Gasteiger partial charge in [0.05, 0.1) is 6.04 Å². The van der Waals surface area contributed by atoms with Crippen molar-refractivity contribution < 1.29 is 4.74 Å². The highest BCUT2D eigenvalue weighted by molar-refractivity contribution is 5.80. The predicted molar refractivity (Wildman–Crippen MR) is 113 cm³/mol. The van der Waals surface area contributed by atoms with Gasteiger partial charge in [-0.25, -0.2) is 0 Å². The number of aliphatic imine (C=N–C) groups is 1. The Kier molecular flexibility index (Phi) is 5.79. The van der Waals surface area contributed by atoms with Crippen LogP contribution >= 0.6 is 0 Å². The van der Waals surface area contributed by atoms with Gasteiger partial charge in [0.2, 0.25) is 0 Å². The first-order valence-electron chi connectivity index (χ1n) is 10.5. The van der Waals surface area contributed by atoms with Crippen molar-refractivity contribution >= 4 is 5.96 Å². The Morgan fingerprint density at radius 1 is 1.18 bits per heavy atom. The van der Waals surface area contributed by atoms with Crippen molar-refractivity contribution in [1.82, 2.24) is 15.6 Å².